The van der Waals surface area contributed by atoms with Crippen molar-refractivity contribution in [2.45, 2.75) is 19.9 Å². The number of nitrogens with zero attached hydrogens (tertiary/aromatic N) is 8. The van der Waals surface area contributed by atoms with E-state index < -0.39 is 0 Å². The van der Waals surface area contributed by atoms with Crippen LogP contribution in [0.5, 0.6) is 0 Å². The van der Waals surface area contributed by atoms with Gasteiger partial charge in [0.25, 0.3) is 5.56 Å². The molecule has 0 saturated carbocycles. The van der Waals surface area contributed by atoms with Crippen LogP contribution in [-0.4, -0.2) is 55.5 Å². The first-order valence-corrected chi connectivity index (χ1v) is 9.78. The van der Waals surface area contributed by atoms with Crippen LogP contribution >= 0.6 is 0 Å². The lowest BCUT2D eigenvalue weighted by Crippen LogP contribution is -2.47. The Balaban J connectivity index is 1.35. The number of hydrogen-bond acceptors (Lipinski definition) is 7. The molecular weight excluding hydrogens is 368 g/mol. The van der Waals surface area contributed by atoms with Crippen LogP contribution in [0.4, 0.5) is 11.5 Å². The fourth-order valence-electron chi connectivity index (χ4n) is 3.77. The van der Waals surface area contributed by atoms with Gasteiger partial charge in [-0.05, 0) is 44.2 Å². The fraction of sp³-hybridized carbons (Fsp3) is 0.350. The quantitative estimate of drug-likeness (QED) is 0.527. The predicted octanol–water partition coefficient (Wildman–Crippen LogP) is 1.74. The molecule has 0 aliphatic carbocycles. The zero-order chi connectivity index (χ0) is 20.0. The SMILES string of the molecule is CC(C)n1cnc2cc(N3CCN(c4ccc5nncn5n4)CC3)ccc2c1=O. The molecule has 0 unspecified atom stereocenters. The highest BCUT2D eigenvalue weighted by atomic mass is 16.1. The molecule has 0 radical (unpaired) electrons. The topological polar surface area (TPSA) is 84.5 Å². The van der Waals surface area contributed by atoms with Gasteiger partial charge in [-0.15, -0.1) is 15.3 Å². The van der Waals surface area contributed by atoms with E-state index in [4.69, 9.17) is 0 Å². The van der Waals surface area contributed by atoms with Gasteiger partial charge in [-0.1, -0.05) is 0 Å². The van der Waals surface area contributed by atoms with Gasteiger partial charge in [0.05, 0.1) is 17.2 Å². The van der Waals surface area contributed by atoms with Crippen molar-refractivity contribution in [2.75, 3.05) is 36.0 Å². The molecule has 1 saturated heterocycles. The third-order valence-electron chi connectivity index (χ3n) is 5.44. The summed E-state index contributed by atoms with van der Waals surface area (Å²) in [5.41, 5.74) is 2.59. The van der Waals surface area contributed by atoms with E-state index in [0.717, 1.165) is 48.8 Å². The highest BCUT2D eigenvalue weighted by Gasteiger charge is 2.19. The molecule has 4 heterocycles. The summed E-state index contributed by atoms with van der Waals surface area (Å²) in [4.78, 5) is 21.7. The third kappa shape index (κ3) is 3.08. The van der Waals surface area contributed by atoms with Crippen LogP contribution in [0, 0.1) is 0 Å². The van der Waals surface area contributed by atoms with Crippen molar-refractivity contribution in [3.8, 4) is 0 Å². The van der Waals surface area contributed by atoms with Crippen molar-refractivity contribution in [3.05, 3.63) is 53.3 Å². The van der Waals surface area contributed by atoms with Crippen molar-refractivity contribution in [1.82, 2.24) is 29.4 Å². The van der Waals surface area contributed by atoms with Gasteiger partial charge in [0.1, 0.15) is 12.1 Å². The van der Waals surface area contributed by atoms with Crippen LogP contribution in [0.3, 0.4) is 0 Å². The highest BCUT2D eigenvalue weighted by Crippen LogP contribution is 2.22. The van der Waals surface area contributed by atoms with E-state index in [1.54, 1.807) is 21.7 Å². The molecule has 0 spiro atoms. The average Bonchev–Trinajstić information content (AvgIpc) is 3.21. The van der Waals surface area contributed by atoms with Crippen molar-refractivity contribution in [1.29, 1.82) is 0 Å². The van der Waals surface area contributed by atoms with Gasteiger partial charge >= 0.3 is 0 Å². The Bertz CT molecular complexity index is 1240. The van der Waals surface area contributed by atoms with Gasteiger partial charge in [-0.3, -0.25) is 9.36 Å². The van der Waals surface area contributed by atoms with Crippen LogP contribution in [-0.2, 0) is 0 Å². The van der Waals surface area contributed by atoms with E-state index in [1.807, 2.05) is 44.2 Å². The summed E-state index contributed by atoms with van der Waals surface area (Å²) in [7, 11) is 0. The predicted molar refractivity (Wildman–Crippen MR) is 112 cm³/mol. The largest absolute Gasteiger partial charge is 0.368 e. The zero-order valence-electron chi connectivity index (χ0n) is 16.4. The molecule has 9 heteroatoms. The second-order valence-corrected chi connectivity index (χ2v) is 7.55. The Hall–Kier alpha value is -3.49. The number of hydrogen-bond donors (Lipinski definition) is 0. The number of rotatable bonds is 3. The summed E-state index contributed by atoms with van der Waals surface area (Å²) in [6.45, 7) is 7.44. The van der Waals surface area contributed by atoms with Crippen LogP contribution in [0.15, 0.2) is 47.8 Å². The maximum Gasteiger partial charge on any atom is 0.261 e. The molecule has 29 heavy (non-hydrogen) atoms. The Morgan fingerprint density at radius 2 is 1.76 bits per heavy atom. The monoisotopic (exact) mass is 390 g/mol. The first-order chi connectivity index (χ1) is 14.1. The minimum Gasteiger partial charge on any atom is -0.368 e. The van der Waals surface area contributed by atoms with Crippen LogP contribution < -0.4 is 15.4 Å². The number of benzene rings is 1. The second-order valence-electron chi connectivity index (χ2n) is 7.55. The maximum absolute atomic E-state index is 12.6. The fourth-order valence-corrected chi connectivity index (χ4v) is 3.77. The Morgan fingerprint density at radius 1 is 0.966 bits per heavy atom. The van der Waals surface area contributed by atoms with E-state index in [9.17, 15) is 4.79 Å². The average molecular weight is 390 g/mol. The minimum atomic E-state index is 0.0110. The molecule has 1 aromatic carbocycles. The van der Waals surface area contributed by atoms with Gasteiger partial charge in [0.15, 0.2) is 5.65 Å². The van der Waals surface area contributed by atoms with E-state index in [2.05, 4.69) is 30.1 Å². The van der Waals surface area contributed by atoms with Crippen molar-refractivity contribution < 1.29 is 0 Å². The highest BCUT2D eigenvalue weighted by molar-refractivity contribution is 5.81. The third-order valence-corrected chi connectivity index (χ3v) is 5.44. The Kier molecular flexibility index (Phi) is 4.15. The summed E-state index contributed by atoms with van der Waals surface area (Å²) in [6, 6.07) is 9.94. The first kappa shape index (κ1) is 17.6. The molecular formula is C20H22N8O. The number of piperazine rings is 1. The minimum absolute atomic E-state index is 0.0110. The molecule has 5 rings (SSSR count). The number of anilines is 2. The molecule has 0 atom stereocenters. The van der Waals surface area contributed by atoms with E-state index >= 15 is 0 Å². The summed E-state index contributed by atoms with van der Waals surface area (Å²) < 4.78 is 3.36. The van der Waals surface area contributed by atoms with Gasteiger partial charge in [-0.2, -0.15) is 4.52 Å². The van der Waals surface area contributed by atoms with E-state index in [0.29, 0.717) is 5.39 Å². The van der Waals surface area contributed by atoms with E-state index in [1.165, 1.54) is 0 Å². The Labute approximate surface area is 167 Å². The van der Waals surface area contributed by atoms with Crippen LogP contribution in [0.1, 0.15) is 19.9 Å². The molecule has 0 amide bonds. The standard InChI is InChI=1S/C20H22N8O/c1-14(2)27-12-21-17-11-15(3-4-16(17)20(27)29)25-7-9-26(10-8-25)19-6-5-18-23-22-13-28(18)24-19/h3-6,11-14H,7-10H2,1-2H3. The molecule has 1 aliphatic heterocycles. The van der Waals surface area contributed by atoms with Gasteiger partial charge in [-0.25, -0.2) is 4.98 Å². The molecule has 9 nitrogen and oxygen atoms in total. The lowest BCUT2D eigenvalue weighted by atomic mass is 10.2. The molecule has 0 N–H and O–H groups in total. The van der Waals surface area contributed by atoms with E-state index in [-0.39, 0.29) is 11.6 Å². The van der Waals surface area contributed by atoms with Gasteiger partial charge < -0.3 is 9.80 Å². The summed E-state index contributed by atoms with van der Waals surface area (Å²) in [5.74, 6) is 0.923. The van der Waals surface area contributed by atoms with Crippen molar-refractivity contribution in [2.24, 2.45) is 0 Å². The van der Waals surface area contributed by atoms with Crippen LogP contribution in [0.2, 0.25) is 0 Å². The summed E-state index contributed by atoms with van der Waals surface area (Å²) in [6.07, 6.45) is 3.26. The lowest BCUT2D eigenvalue weighted by Gasteiger charge is -2.36. The summed E-state index contributed by atoms with van der Waals surface area (Å²) >= 11 is 0. The van der Waals surface area contributed by atoms with Gasteiger partial charge in [0.2, 0.25) is 0 Å². The second kappa shape index (κ2) is 6.84. The van der Waals surface area contributed by atoms with Gasteiger partial charge in [0, 0.05) is 37.9 Å². The molecule has 4 aromatic rings. The normalized spacial score (nSPS) is 15.0. The lowest BCUT2D eigenvalue weighted by molar-refractivity contribution is 0.573. The first-order valence-electron chi connectivity index (χ1n) is 9.78. The zero-order valence-corrected chi connectivity index (χ0v) is 16.4. The molecule has 1 fully saturated rings. The molecule has 148 valence electrons. The smallest absolute Gasteiger partial charge is 0.261 e. The van der Waals surface area contributed by atoms with Crippen molar-refractivity contribution >= 4 is 28.1 Å². The number of aromatic nitrogens is 6. The Morgan fingerprint density at radius 3 is 2.55 bits per heavy atom. The molecule has 1 aliphatic rings. The van der Waals surface area contributed by atoms with Crippen molar-refractivity contribution in [3.63, 3.8) is 0 Å². The van der Waals surface area contributed by atoms with Crippen LogP contribution in [0.25, 0.3) is 16.6 Å². The number of fused-ring (bicyclic) bond motifs is 2. The maximum atomic E-state index is 12.6. The molecule has 3 aromatic heterocycles. The molecule has 0 bridgehead atoms. The summed E-state index contributed by atoms with van der Waals surface area (Å²) in [5, 5.41) is 13.1.